The molecule has 0 saturated carbocycles. The third-order valence-electron chi connectivity index (χ3n) is 3.37. The molecule has 0 aliphatic heterocycles. The molecule has 1 heterocycles. The number of carbonyl (C=O) groups is 1. The van der Waals surface area contributed by atoms with Gasteiger partial charge in [0.05, 0.1) is 11.9 Å². The van der Waals surface area contributed by atoms with E-state index in [1.165, 1.54) is 5.56 Å². The fourth-order valence-corrected chi connectivity index (χ4v) is 2.11. The molecule has 116 valence electrons. The van der Waals surface area contributed by atoms with E-state index in [0.717, 1.165) is 31.5 Å². The first-order valence-corrected chi connectivity index (χ1v) is 7.81. The molecule has 2 N–H and O–H groups in total. The van der Waals surface area contributed by atoms with Crippen molar-refractivity contribution >= 4 is 17.4 Å². The van der Waals surface area contributed by atoms with E-state index in [0.29, 0.717) is 12.2 Å². The highest BCUT2D eigenvalue weighted by Crippen LogP contribution is 2.11. The zero-order chi connectivity index (χ0) is 15.6. The van der Waals surface area contributed by atoms with Crippen molar-refractivity contribution in [2.75, 3.05) is 17.2 Å². The number of nitrogens with zero attached hydrogens (tertiary/aromatic N) is 1. The molecule has 0 fully saturated rings. The van der Waals surface area contributed by atoms with Crippen LogP contribution in [0.2, 0.25) is 0 Å². The number of aromatic nitrogens is 1. The van der Waals surface area contributed by atoms with Crippen LogP contribution in [0.4, 0.5) is 11.5 Å². The van der Waals surface area contributed by atoms with E-state index in [4.69, 9.17) is 0 Å². The average Bonchev–Trinajstić information content (AvgIpc) is 2.55. The van der Waals surface area contributed by atoms with E-state index < -0.39 is 0 Å². The highest BCUT2D eigenvalue weighted by atomic mass is 16.1. The zero-order valence-corrected chi connectivity index (χ0v) is 13.0. The summed E-state index contributed by atoms with van der Waals surface area (Å²) in [6, 6.07) is 14.1. The highest BCUT2D eigenvalue weighted by molar-refractivity contribution is 5.89. The first-order valence-electron chi connectivity index (χ1n) is 7.81. The van der Waals surface area contributed by atoms with Gasteiger partial charge in [-0.3, -0.25) is 4.79 Å². The van der Waals surface area contributed by atoms with E-state index in [9.17, 15) is 4.79 Å². The van der Waals surface area contributed by atoms with Crippen molar-refractivity contribution in [2.45, 2.75) is 32.6 Å². The van der Waals surface area contributed by atoms with Crippen molar-refractivity contribution in [2.24, 2.45) is 0 Å². The lowest BCUT2D eigenvalue weighted by molar-refractivity contribution is -0.116. The smallest absolute Gasteiger partial charge is 0.225 e. The molecule has 0 atom stereocenters. The summed E-state index contributed by atoms with van der Waals surface area (Å²) < 4.78 is 0. The van der Waals surface area contributed by atoms with Crippen LogP contribution in [-0.4, -0.2) is 17.4 Å². The molecule has 22 heavy (non-hydrogen) atoms. The van der Waals surface area contributed by atoms with Gasteiger partial charge in [-0.15, -0.1) is 0 Å². The number of rotatable bonds is 8. The number of unbranched alkanes of at least 4 members (excludes halogenated alkanes) is 1. The van der Waals surface area contributed by atoms with Gasteiger partial charge in [-0.2, -0.15) is 0 Å². The topological polar surface area (TPSA) is 54.0 Å². The van der Waals surface area contributed by atoms with Crippen molar-refractivity contribution in [3.05, 3.63) is 54.2 Å². The van der Waals surface area contributed by atoms with Gasteiger partial charge in [-0.25, -0.2) is 4.98 Å². The Labute approximate surface area is 132 Å². The lowest BCUT2D eigenvalue weighted by Crippen LogP contribution is -2.12. The van der Waals surface area contributed by atoms with E-state index in [1.807, 2.05) is 30.3 Å². The van der Waals surface area contributed by atoms with Crippen LogP contribution in [0.1, 0.15) is 31.7 Å². The van der Waals surface area contributed by atoms with E-state index in [-0.39, 0.29) is 5.91 Å². The Bertz CT molecular complexity index is 567. The Kier molecular flexibility index (Phi) is 6.42. The van der Waals surface area contributed by atoms with Crippen LogP contribution in [0.3, 0.4) is 0 Å². The van der Waals surface area contributed by atoms with E-state index >= 15 is 0 Å². The number of hydrogen-bond donors (Lipinski definition) is 2. The summed E-state index contributed by atoms with van der Waals surface area (Å²) in [6.07, 6.45) is 5.20. The number of benzene rings is 1. The predicted molar refractivity (Wildman–Crippen MR) is 91.0 cm³/mol. The second kappa shape index (κ2) is 8.82. The van der Waals surface area contributed by atoms with Crippen LogP contribution in [0.15, 0.2) is 48.7 Å². The standard InChI is InChI=1S/C18H23N3O/c1-2-3-9-18(22)21-17-11-10-16(14-20-17)19-13-12-15-7-5-4-6-8-15/h4-8,10-11,14,19H,2-3,9,12-13H2,1H3,(H,20,21,22). The molecule has 0 saturated heterocycles. The van der Waals surface area contributed by atoms with Gasteiger partial charge in [0, 0.05) is 13.0 Å². The average molecular weight is 297 g/mol. The molecule has 0 spiro atoms. The van der Waals surface area contributed by atoms with Crippen LogP contribution < -0.4 is 10.6 Å². The van der Waals surface area contributed by atoms with E-state index in [1.54, 1.807) is 6.20 Å². The summed E-state index contributed by atoms with van der Waals surface area (Å²) in [6.45, 7) is 2.93. The van der Waals surface area contributed by atoms with Gasteiger partial charge in [-0.05, 0) is 30.5 Å². The third kappa shape index (κ3) is 5.56. The highest BCUT2D eigenvalue weighted by Gasteiger charge is 2.02. The van der Waals surface area contributed by atoms with Gasteiger partial charge >= 0.3 is 0 Å². The molecule has 2 rings (SSSR count). The Hall–Kier alpha value is -2.36. The van der Waals surface area contributed by atoms with Crippen LogP contribution in [0, 0.1) is 0 Å². The molecule has 1 aromatic carbocycles. The Balaban J connectivity index is 1.75. The van der Waals surface area contributed by atoms with Crippen molar-refractivity contribution < 1.29 is 4.79 Å². The molecule has 0 bridgehead atoms. The molecular weight excluding hydrogens is 274 g/mol. The maximum absolute atomic E-state index is 11.6. The lowest BCUT2D eigenvalue weighted by atomic mass is 10.1. The minimum Gasteiger partial charge on any atom is -0.383 e. The fourth-order valence-electron chi connectivity index (χ4n) is 2.11. The Morgan fingerprint density at radius 1 is 1.14 bits per heavy atom. The number of nitrogens with one attached hydrogen (secondary N) is 2. The molecule has 0 aliphatic carbocycles. The summed E-state index contributed by atoms with van der Waals surface area (Å²) in [4.78, 5) is 15.9. The van der Waals surface area contributed by atoms with Crippen molar-refractivity contribution in [1.82, 2.24) is 4.98 Å². The van der Waals surface area contributed by atoms with E-state index in [2.05, 4.69) is 34.7 Å². The van der Waals surface area contributed by atoms with Gasteiger partial charge < -0.3 is 10.6 Å². The summed E-state index contributed by atoms with van der Waals surface area (Å²) >= 11 is 0. The predicted octanol–water partition coefficient (Wildman–Crippen LogP) is 3.86. The summed E-state index contributed by atoms with van der Waals surface area (Å²) in [7, 11) is 0. The second-order valence-electron chi connectivity index (χ2n) is 5.25. The summed E-state index contributed by atoms with van der Waals surface area (Å²) in [5, 5.41) is 6.14. The summed E-state index contributed by atoms with van der Waals surface area (Å²) in [5.74, 6) is 0.633. The van der Waals surface area contributed by atoms with Crippen LogP contribution in [-0.2, 0) is 11.2 Å². The summed E-state index contributed by atoms with van der Waals surface area (Å²) in [5.41, 5.74) is 2.27. The fraction of sp³-hybridized carbons (Fsp3) is 0.333. The minimum absolute atomic E-state index is 0.0270. The monoisotopic (exact) mass is 297 g/mol. The van der Waals surface area contributed by atoms with Gasteiger partial charge in [0.25, 0.3) is 0 Å². The van der Waals surface area contributed by atoms with Gasteiger partial charge in [-0.1, -0.05) is 43.7 Å². The van der Waals surface area contributed by atoms with Crippen LogP contribution in [0.5, 0.6) is 0 Å². The maximum atomic E-state index is 11.6. The molecule has 1 aromatic heterocycles. The largest absolute Gasteiger partial charge is 0.383 e. The lowest BCUT2D eigenvalue weighted by Gasteiger charge is -2.08. The van der Waals surface area contributed by atoms with Gasteiger partial charge in [0.1, 0.15) is 5.82 Å². The molecule has 4 nitrogen and oxygen atoms in total. The molecule has 0 unspecified atom stereocenters. The number of carbonyl (C=O) groups excluding carboxylic acids is 1. The Morgan fingerprint density at radius 2 is 1.95 bits per heavy atom. The minimum atomic E-state index is 0.0270. The zero-order valence-electron chi connectivity index (χ0n) is 13.0. The van der Waals surface area contributed by atoms with Crippen molar-refractivity contribution in [1.29, 1.82) is 0 Å². The molecular formula is C18H23N3O. The second-order valence-corrected chi connectivity index (χ2v) is 5.25. The molecule has 1 amide bonds. The molecule has 4 heteroatoms. The Morgan fingerprint density at radius 3 is 2.64 bits per heavy atom. The SMILES string of the molecule is CCCCC(=O)Nc1ccc(NCCc2ccccc2)cn1. The molecule has 0 radical (unpaired) electrons. The first-order chi connectivity index (χ1) is 10.8. The number of anilines is 2. The van der Waals surface area contributed by atoms with Crippen molar-refractivity contribution in [3.8, 4) is 0 Å². The number of amides is 1. The van der Waals surface area contributed by atoms with Crippen LogP contribution in [0.25, 0.3) is 0 Å². The normalized spacial score (nSPS) is 10.2. The molecule has 2 aromatic rings. The van der Waals surface area contributed by atoms with Gasteiger partial charge in [0.15, 0.2) is 0 Å². The number of pyridine rings is 1. The number of hydrogen-bond acceptors (Lipinski definition) is 3. The van der Waals surface area contributed by atoms with Gasteiger partial charge in [0.2, 0.25) is 5.91 Å². The first kappa shape index (κ1) is 16.0. The quantitative estimate of drug-likeness (QED) is 0.778. The van der Waals surface area contributed by atoms with Crippen molar-refractivity contribution in [3.63, 3.8) is 0 Å². The molecule has 0 aliphatic rings. The third-order valence-corrected chi connectivity index (χ3v) is 3.37. The maximum Gasteiger partial charge on any atom is 0.225 e. The van der Waals surface area contributed by atoms with Crippen LogP contribution >= 0.6 is 0 Å².